The molecule has 0 amide bonds. The number of aliphatic hydroxyl groups excluding tert-OH is 1. The first-order valence-corrected chi connectivity index (χ1v) is 7.73. The molecule has 0 spiro atoms. The predicted molar refractivity (Wildman–Crippen MR) is 83.9 cm³/mol. The molecule has 0 bridgehead atoms. The number of hydrogen-bond acceptors (Lipinski definition) is 4. The van der Waals surface area contributed by atoms with Gasteiger partial charge >= 0.3 is 0 Å². The van der Waals surface area contributed by atoms with Crippen molar-refractivity contribution in [3.05, 3.63) is 29.3 Å². The van der Waals surface area contributed by atoms with Gasteiger partial charge in [0, 0.05) is 19.7 Å². The van der Waals surface area contributed by atoms with Crippen molar-refractivity contribution in [3.8, 4) is 5.75 Å². The molecule has 0 aromatic heterocycles. The molecule has 0 saturated carbocycles. The quantitative estimate of drug-likeness (QED) is 0.836. The largest absolute Gasteiger partial charge is 0.491 e. The van der Waals surface area contributed by atoms with E-state index < -0.39 is 6.10 Å². The van der Waals surface area contributed by atoms with Gasteiger partial charge in [0.2, 0.25) is 0 Å². The van der Waals surface area contributed by atoms with E-state index in [0.717, 1.165) is 37.3 Å². The maximum Gasteiger partial charge on any atom is 0.122 e. The fourth-order valence-corrected chi connectivity index (χ4v) is 2.77. The van der Waals surface area contributed by atoms with Gasteiger partial charge in [-0.3, -0.25) is 0 Å². The molecule has 1 aromatic rings. The Balaban J connectivity index is 1.72. The van der Waals surface area contributed by atoms with Crippen LogP contribution in [-0.4, -0.2) is 55.6 Å². The van der Waals surface area contributed by atoms with Crippen molar-refractivity contribution in [3.63, 3.8) is 0 Å². The Morgan fingerprint density at radius 2 is 2.24 bits per heavy atom. The number of hydrogen-bond donors (Lipinski definition) is 1. The van der Waals surface area contributed by atoms with Gasteiger partial charge in [-0.25, -0.2) is 0 Å². The third-order valence-electron chi connectivity index (χ3n) is 3.82. The molecule has 1 aromatic carbocycles. The van der Waals surface area contributed by atoms with Crippen molar-refractivity contribution in [1.82, 2.24) is 4.90 Å². The normalized spacial score (nSPS) is 20.0. The van der Waals surface area contributed by atoms with E-state index in [2.05, 4.69) is 17.9 Å². The molecular formula is C17H27NO3. The number of likely N-dealkylation sites (N-methyl/N-ethyl adjacent to an activating group) is 1. The number of rotatable bonds is 7. The van der Waals surface area contributed by atoms with Crippen molar-refractivity contribution in [2.75, 3.05) is 33.4 Å². The zero-order valence-electron chi connectivity index (χ0n) is 13.3. The van der Waals surface area contributed by atoms with Gasteiger partial charge in [0.25, 0.3) is 0 Å². The average molecular weight is 293 g/mol. The highest BCUT2D eigenvalue weighted by Crippen LogP contribution is 2.19. The van der Waals surface area contributed by atoms with E-state index in [1.165, 1.54) is 5.56 Å². The molecule has 0 aliphatic carbocycles. The molecule has 2 rings (SSSR count). The lowest BCUT2D eigenvalue weighted by Gasteiger charge is -2.23. The molecular weight excluding hydrogens is 266 g/mol. The highest BCUT2D eigenvalue weighted by atomic mass is 16.5. The van der Waals surface area contributed by atoms with Crippen LogP contribution in [0.3, 0.4) is 0 Å². The molecule has 118 valence electrons. The van der Waals surface area contributed by atoms with Gasteiger partial charge < -0.3 is 19.5 Å². The summed E-state index contributed by atoms with van der Waals surface area (Å²) in [5.41, 5.74) is 2.33. The lowest BCUT2D eigenvalue weighted by molar-refractivity contribution is 0.0442. The fourth-order valence-electron chi connectivity index (χ4n) is 2.77. The van der Waals surface area contributed by atoms with Crippen molar-refractivity contribution in [1.29, 1.82) is 0 Å². The van der Waals surface area contributed by atoms with Crippen LogP contribution >= 0.6 is 0 Å². The second kappa shape index (κ2) is 7.78. The van der Waals surface area contributed by atoms with Gasteiger partial charge in [0.1, 0.15) is 18.5 Å². The number of nitrogens with zero attached hydrogens (tertiary/aromatic N) is 1. The smallest absolute Gasteiger partial charge is 0.122 e. The second-order valence-electron chi connectivity index (χ2n) is 6.09. The van der Waals surface area contributed by atoms with Gasteiger partial charge in [0.05, 0.1) is 6.10 Å². The first-order valence-electron chi connectivity index (χ1n) is 7.73. The number of aliphatic hydroxyl groups is 1. The average Bonchev–Trinajstić information content (AvgIpc) is 2.90. The highest BCUT2D eigenvalue weighted by Gasteiger charge is 2.19. The first kappa shape index (κ1) is 16.3. The summed E-state index contributed by atoms with van der Waals surface area (Å²) >= 11 is 0. The molecule has 1 N–H and O–H groups in total. The molecule has 1 aliphatic heterocycles. The third kappa shape index (κ3) is 5.30. The summed E-state index contributed by atoms with van der Waals surface area (Å²) in [6, 6.07) is 6.08. The summed E-state index contributed by atoms with van der Waals surface area (Å²) < 4.78 is 11.3. The van der Waals surface area contributed by atoms with Gasteiger partial charge in [-0.2, -0.15) is 0 Å². The van der Waals surface area contributed by atoms with Crippen LogP contribution in [0.25, 0.3) is 0 Å². The number of benzene rings is 1. The van der Waals surface area contributed by atoms with E-state index in [1.54, 1.807) is 0 Å². The zero-order chi connectivity index (χ0) is 15.2. The molecule has 1 heterocycles. The SMILES string of the molecule is Cc1ccc(OCC(O)CN(C)CC2CCCO2)c(C)c1. The Kier molecular flexibility index (Phi) is 6.03. The Morgan fingerprint density at radius 3 is 2.90 bits per heavy atom. The maximum absolute atomic E-state index is 10.1. The maximum atomic E-state index is 10.1. The monoisotopic (exact) mass is 293 g/mol. The topological polar surface area (TPSA) is 41.9 Å². The predicted octanol–water partition coefficient (Wildman–Crippen LogP) is 2.15. The first-order chi connectivity index (χ1) is 10.0. The molecule has 2 unspecified atom stereocenters. The molecule has 1 saturated heterocycles. The van der Waals surface area contributed by atoms with Crippen LogP contribution in [0.1, 0.15) is 24.0 Å². The van der Waals surface area contributed by atoms with Crippen molar-refractivity contribution < 1.29 is 14.6 Å². The van der Waals surface area contributed by atoms with Crippen LogP contribution in [-0.2, 0) is 4.74 Å². The second-order valence-corrected chi connectivity index (χ2v) is 6.09. The molecule has 2 atom stereocenters. The van der Waals surface area contributed by atoms with Crippen LogP contribution in [0.4, 0.5) is 0 Å². The van der Waals surface area contributed by atoms with E-state index in [-0.39, 0.29) is 0 Å². The van der Waals surface area contributed by atoms with Crippen LogP contribution in [0, 0.1) is 13.8 Å². The number of ether oxygens (including phenoxy) is 2. The van der Waals surface area contributed by atoms with Gasteiger partial charge in [-0.15, -0.1) is 0 Å². The Labute approximate surface area is 127 Å². The van der Waals surface area contributed by atoms with E-state index in [4.69, 9.17) is 9.47 Å². The molecule has 0 radical (unpaired) electrons. The van der Waals surface area contributed by atoms with Gasteiger partial charge in [0.15, 0.2) is 0 Å². The minimum absolute atomic E-state index is 0.319. The van der Waals surface area contributed by atoms with Gasteiger partial charge in [-0.1, -0.05) is 17.7 Å². The molecule has 4 heteroatoms. The zero-order valence-corrected chi connectivity index (χ0v) is 13.3. The summed E-state index contributed by atoms with van der Waals surface area (Å²) in [4.78, 5) is 2.12. The number of aryl methyl sites for hydroxylation is 2. The molecule has 1 fully saturated rings. The Morgan fingerprint density at radius 1 is 1.43 bits per heavy atom. The Hall–Kier alpha value is -1.10. The van der Waals surface area contributed by atoms with Gasteiger partial charge in [-0.05, 0) is 45.4 Å². The summed E-state index contributed by atoms with van der Waals surface area (Å²) in [5, 5.41) is 10.1. The third-order valence-corrected chi connectivity index (χ3v) is 3.82. The minimum atomic E-state index is -0.489. The summed E-state index contributed by atoms with van der Waals surface area (Å²) in [5.74, 6) is 0.849. The summed E-state index contributed by atoms with van der Waals surface area (Å²) in [6.45, 7) is 6.76. The van der Waals surface area contributed by atoms with Crippen LogP contribution in [0.15, 0.2) is 18.2 Å². The van der Waals surface area contributed by atoms with E-state index in [1.807, 2.05) is 26.1 Å². The van der Waals surface area contributed by atoms with Crippen molar-refractivity contribution in [2.45, 2.75) is 38.9 Å². The molecule has 4 nitrogen and oxygen atoms in total. The highest BCUT2D eigenvalue weighted by molar-refractivity contribution is 5.35. The van der Waals surface area contributed by atoms with Crippen molar-refractivity contribution >= 4 is 0 Å². The van der Waals surface area contributed by atoms with E-state index in [0.29, 0.717) is 19.3 Å². The van der Waals surface area contributed by atoms with Crippen molar-refractivity contribution in [2.24, 2.45) is 0 Å². The fraction of sp³-hybridized carbons (Fsp3) is 0.647. The summed E-state index contributed by atoms with van der Waals surface area (Å²) in [7, 11) is 2.02. The summed E-state index contributed by atoms with van der Waals surface area (Å²) in [6.07, 6.45) is 2.11. The molecule has 1 aliphatic rings. The Bertz CT molecular complexity index is 444. The minimum Gasteiger partial charge on any atom is -0.491 e. The molecule has 21 heavy (non-hydrogen) atoms. The standard InChI is InChI=1S/C17H27NO3/c1-13-6-7-17(14(2)9-13)21-12-15(19)10-18(3)11-16-5-4-8-20-16/h6-7,9,15-16,19H,4-5,8,10-12H2,1-3H3. The lowest BCUT2D eigenvalue weighted by atomic mass is 10.1. The van der Waals surface area contributed by atoms with Crippen LogP contribution < -0.4 is 4.74 Å². The van der Waals surface area contributed by atoms with Crippen LogP contribution in [0.5, 0.6) is 5.75 Å². The van der Waals surface area contributed by atoms with Crippen LogP contribution in [0.2, 0.25) is 0 Å². The van der Waals surface area contributed by atoms with E-state index >= 15 is 0 Å². The lowest BCUT2D eigenvalue weighted by Crippen LogP contribution is -2.37. The van der Waals surface area contributed by atoms with E-state index in [9.17, 15) is 5.11 Å².